The van der Waals surface area contributed by atoms with Gasteiger partial charge in [-0.05, 0) is 31.2 Å². The van der Waals surface area contributed by atoms with Crippen molar-refractivity contribution in [3.05, 3.63) is 17.8 Å². The molecule has 2 aromatic rings. The van der Waals surface area contributed by atoms with E-state index in [2.05, 4.69) is 14.5 Å². The molecule has 1 aliphatic heterocycles. The average Bonchev–Trinajstić information content (AvgIpc) is 3.02. The third kappa shape index (κ3) is 2.64. The fraction of sp³-hybridized carbons (Fsp3) is 0.462. The summed E-state index contributed by atoms with van der Waals surface area (Å²) in [5.41, 5.74) is 2.69. The first-order chi connectivity index (χ1) is 9.65. The van der Waals surface area contributed by atoms with Crippen molar-refractivity contribution in [3.63, 3.8) is 0 Å². The molecule has 1 saturated heterocycles. The molecule has 3 rings (SSSR count). The Labute approximate surface area is 125 Å². The van der Waals surface area contributed by atoms with Crippen molar-refractivity contribution in [3.8, 4) is 0 Å². The number of aryl methyl sites for hydroxylation is 1. The maximum absolute atomic E-state index is 10.8. The first-order valence-corrected chi connectivity index (χ1v) is 8.57. The number of pyridine rings is 1. The van der Waals surface area contributed by atoms with Crippen LogP contribution in [0.1, 0.15) is 18.2 Å². The Kier molecular flexibility index (Phi) is 3.89. The highest BCUT2D eigenvalue weighted by atomic mass is 32.2. The molecule has 106 valence electrons. The van der Waals surface area contributed by atoms with Crippen LogP contribution < -0.4 is 0 Å². The number of hydrogen-bond donors (Lipinski definition) is 1. The molecule has 0 amide bonds. The van der Waals surface area contributed by atoms with Gasteiger partial charge in [-0.25, -0.2) is 9.97 Å². The lowest BCUT2D eigenvalue weighted by Crippen LogP contribution is -2.11. The van der Waals surface area contributed by atoms with Crippen molar-refractivity contribution in [1.29, 1.82) is 0 Å². The minimum atomic E-state index is -0.821. The SMILES string of the molecule is Cc1ccc2nc(SCC(=O)O)n(C3CCSC3)c2n1. The molecule has 7 heteroatoms. The number of thioether (sulfide) groups is 2. The van der Waals surface area contributed by atoms with Gasteiger partial charge in [0.15, 0.2) is 10.8 Å². The molecule has 1 atom stereocenters. The van der Waals surface area contributed by atoms with Gasteiger partial charge in [0, 0.05) is 17.5 Å². The highest BCUT2D eigenvalue weighted by Crippen LogP contribution is 2.34. The Morgan fingerprint density at radius 1 is 1.55 bits per heavy atom. The molecule has 0 bridgehead atoms. The van der Waals surface area contributed by atoms with Gasteiger partial charge >= 0.3 is 5.97 Å². The van der Waals surface area contributed by atoms with Crippen LogP contribution in [-0.2, 0) is 4.79 Å². The number of carboxylic acids is 1. The number of aliphatic carboxylic acids is 1. The molecule has 0 saturated carbocycles. The molecule has 0 spiro atoms. The second-order valence-electron chi connectivity index (χ2n) is 4.76. The lowest BCUT2D eigenvalue weighted by molar-refractivity contribution is -0.133. The standard InChI is InChI=1S/C13H15N3O2S2/c1-8-2-3-10-12(14-8)16(9-4-5-19-6-9)13(15-10)20-7-11(17)18/h2-3,9H,4-7H2,1H3,(H,17,18). The number of carbonyl (C=O) groups is 1. The van der Waals surface area contributed by atoms with Crippen LogP contribution in [0.15, 0.2) is 17.3 Å². The topological polar surface area (TPSA) is 68.0 Å². The van der Waals surface area contributed by atoms with Crippen molar-refractivity contribution in [1.82, 2.24) is 14.5 Å². The van der Waals surface area contributed by atoms with Crippen molar-refractivity contribution in [2.75, 3.05) is 17.3 Å². The number of aromatic nitrogens is 3. The lowest BCUT2D eigenvalue weighted by atomic mass is 10.2. The molecule has 2 aromatic heterocycles. The van der Waals surface area contributed by atoms with E-state index in [9.17, 15) is 4.79 Å². The predicted molar refractivity (Wildman–Crippen MR) is 81.6 cm³/mol. The largest absolute Gasteiger partial charge is 0.481 e. The predicted octanol–water partition coefficient (Wildman–Crippen LogP) is 2.59. The number of rotatable bonds is 4. The second-order valence-corrected chi connectivity index (χ2v) is 6.85. The van der Waals surface area contributed by atoms with E-state index < -0.39 is 5.97 Å². The zero-order chi connectivity index (χ0) is 14.1. The molecular formula is C13H15N3O2S2. The van der Waals surface area contributed by atoms with Crippen LogP contribution in [-0.4, -0.2) is 42.9 Å². The van der Waals surface area contributed by atoms with E-state index in [0.29, 0.717) is 6.04 Å². The average molecular weight is 309 g/mol. The monoisotopic (exact) mass is 309 g/mol. The van der Waals surface area contributed by atoms with Crippen LogP contribution in [0.25, 0.3) is 11.2 Å². The van der Waals surface area contributed by atoms with Crippen molar-refractivity contribution in [2.45, 2.75) is 24.5 Å². The van der Waals surface area contributed by atoms with Gasteiger partial charge in [-0.3, -0.25) is 9.36 Å². The third-order valence-corrected chi connectivity index (χ3v) is 5.32. The van der Waals surface area contributed by atoms with Crippen LogP contribution in [0.3, 0.4) is 0 Å². The molecule has 3 heterocycles. The van der Waals surface area contributed by atoms with E-state index in [1.165, 1.54) is 11.8 Å². The van der Waals surface area contributed by atoms with Crippen LogP contribution in [0.2, 0.25) is 0 Å². The smallest absolute Gasteiger partial charge is 0.313 e. The van der Waals surface area contributed by atoms with Gasteiger partial charge in [-0.2, -0.15) is 11.8 Å². The summed E-state index contributed by atoms with van der Waals surface area (Å²) in [7, 11) is 0. The van der Waals surface area contributed by atoms with E-state index in [-0.39, 0.29) is 5.75 Å². The van der Waals surface area contributed by atoms with E-state index in [1.807, 2.05) is 30.8 Å². The Hall–Kier alpha value is -1.21. The van der Waals surface area contributed by atoms with Gasteiger partial charge in [0.25, 0.3) is 0 Å². The molecule has 20 heavy (non-hydrogen) atoms. The number of nitrogens with zero attached hydrogens (tertiary/aromatic N) is 3. The highest BCUT2D eigenvalue weighted by Gasteiger charge is 2.24. The number of hydrogen-bond acceptors (Lipinski definition) is 5. The summed E-state index contributed by atoms with van der Waals surface area (Å²) in [6.07, 6.45) is 1.09. The molecular weight excluding hydrogens is 294 g/mol. The Morgan fingerprint density at radius 2 is 2.40 bits per heavy atom. The number of imidazole rings is 1. The van der Waals surface area contributed by atoms with E-state index >= 15 is 0 Å². The maximum atomic E-state index is 10.8. The summed E-state index contributed by atoms with van der Waals surface area (Å²) in [5, 5.41) is 9.64. The number of fused-ring (bicyclic) bond motifs is 1. The minimum absolute atomic E-state index is 0.0299. The van der Waals surface area contributed by atoms with Crippen molar-refractivity contribution < 1.29 is 9.90 Å². The quantitative estimate of drug-likeness (QED) is 0.876. The normalized spacial score (nSPS) is 18.8. The molecule has 1 aliphatic rings. The van der Waals surface area contributed by atoms with Crippen LogP contribution in [0.4, 0.5) is 0 Å². The fourth-order valence-corrected chi connectivity index (χ4v) is 4.31. The Bertz CT molecular complexity index is 650. The van der Waals surface area contributed by atoms with Crippen molar-refractivity contribution >= 4 is 40.7 Å². The highest BCUT2D eigenvalue weighted by molar-refractivity contribution is 8.00. The van der Waals surface area contributed by atoms with E-state index in [1.54, 1.807) is 0 Å². The van der Waals surface area contributed by atoms with Crippen LogP contribution >= 0.6 is 23.5 Å². The Balaban J connectivity index is 2.06. The summed E-state index contributed by atoms with van der Waals surface area (Å²) in [6.45, 7) is 1.96. The summed E-state index contributed by atoms with van der Waals surface area (Å²) >= 11 is 3.20. The summed E-state index contributed by atoms with van der Waals surface area (Å²) < 4.78 is 2.13. The zero-order valence-corrected chi connectivity index (χ0v) is 12.7. The second kappa shape index (κ2) is 5.65. The first kappa shape index (κ1) is 13.8. The van der Waals surface area contributed by atoms with Crippen LogP contribution in [0.5, 0.6) is 0 Å². The zero-order valence-electron chi connectivity index (χ0n) is 11.1. The van der Waals surface area contributed by atoms with Gasteiger partial charge < -0.3 is 5.11 Å². The van der Waals surface area contributed by atoms with Gasteiger partial charge in [0.1, 0.15) is 5.52 Å². The fourth-order valence-electron chi connectivity index (χ4n) is 2.33. The minimum Gasteiger partial charge on any atom is -0.481 e. The first-order valence-electron chi connectivity index (χ1n) is 6.43. The van der Waals surface area contributed by atoms with Gasteiger partial charge in [-0.1, -0.05) is 11.8 Å². The van der Waals surface area contributed by atoms with Crippen LogP contribution in [0, 0.1) is 6.92 Å². The number of carboxylic acid groups (broad SMARTS) is 1. The molecule has 1 N–H and O–H groups in total. The Morgan fingerprint density at radius 3 is 3.10 bits per heavy atom. The molecule has 0 aromatic carbocycles. The van der Waals surface area contributed by atoms with Gasteiger partial charge in [-0.15, -0.1) is 0 Å². The molecule has 0 radical (unpaired) electrons. The maximum Gasteiger partial charge on any atom is 0.313 e. The third-order valence-electron chi connectivity index (χ3n) is 3.24. The van der Waals surface area contributed by atoms with Gasteiger partial charge in [0.05, 0.1) is 5.75 Å². The molecule has 0 aliphatic carbocycles. The molecule has 5 nitrogen and oxygen atoms in total. The van der Waals surface area contributed by atoms with Gasteiger partial charge in [0.2, 0.25) is 0 Å². The summed E-state index contributed by atoms with van der Waals surface area (Å²) in [4.78, 5) is 20.0. The summed E-state index contributed by atoms with van der Waals surface area (Å²) in [5.74, 6) is 1.39. The molecule has 1 unspecified atom stereocenters. The summed E-state index contributed by atoms with van der Waals surface area (Å²) in [6, 6.07) is 4.27. The molecule has 1 fully saturated rings. The van der Waals surface area contributed by atoms with Crippen molar-refractivity contribution in [2.24, 2.45) is 0 Å². The van der Waals surface area contributed by atoms with E-state index in [4.69, 9.17) is 5.11 Å². The van der Waals surface area contributed by atoms with E-state index in [0.717, 1.165) is 39.9 Å². The lowest BCUT2D eigenvalue weighted by Gasteiger charge is -2.14.